The number of anilines is 1. The van der Waals surface area contributed by atoms with Crippen molar-refractivity contribution in [2.75, 3.05) is 5.32 Å². The quantitative estimate of drug-likeness (QED) is 0.754. The summed E-state index contributed by atoms with van der Waals surface area (Å²) in [5, 5.41) is 9.22. The van der Waals surface area contributed by atoms with Gasteiger partial charge in [0.15, 0.2) is 5.82 Å². The summed E-state index contributed by atoms with van der Waals surface area (Å²) in [5.74, 6) is -0.121. The molecule has 1 fully saturated rings. The summed E-state index contributed by atoms with van der Waals surface area (Å²) in [4.78, 5) is 23.1. The minimum absolute atomic E-state index is 0.0136. The molecule has 4 N–H and O–H groups in total. The van der Waals surface area contributed by atoms with Crippen LogP contribution >= 0.6 is 0 Å². The van der Waals surface area contributed by atoms with Crippen molar-refractivity contribution in [1.29, 1.82) is 0 Å². The fourth-order valence-corrected chi connectivity index (χ4v) is 2.34. The van der Waals surface area contributed by atoms with E-state index in [1.54, 1.807) is 6.92 Å². The first-order chi connectivity index (χ1) is 8.59. The van der Waals surface area contributed by atoms with Gasteiger partial charge in [-0.3, -0.25) is 14.7 Å². The summed E-state index contributed by atoms with van der Waals surface area (Å²) in [6.07, 6.45) is 5.27. The number of hydrogen-bond donors (Lipinski definition) is 3. The van der Waals surface area contributed by atoms with Crippen molar-refractivity contribution in [2.45, 2.75) is 39.0 Å². The molecule has 1 heterocycles. The number of carbonyl (C=O) groups is 2. The van der Waals surface area contributed by atoms with E-state index in [0.717, 1.165) is 25.7 Å². The molecule has 1 aromatic heterocycles. The van der Waals surface area contributed by atoms with Crippen LogP contribution < -0.4 is 11.1 Å². The predicted octanol–water partition coefficient (Wildman–Crippen LogP) is 1.34. The molecule has 1 aliphatic carbocycles. The maximum absolute atomic E-state index is 12.0. The number of H-pyrrole nitrogens is 1. The number of aromatic amines is 1. The molecule has 1 saturated carbocycles. The van der Waals surface area contributed by atoms with Crippen molar-refractivity contribution in [3.8, 4) is 0 Å². The highest BCUT2D eigenvalue weighted by molar-refractivity contribution is 5.97. The lowest BCUT2D eigenvalue weighted by Gasteiger charge is -2.20. The predicted molar refractivity (Wildman–Crippen MR) is 67.0 cm³/mol. The summed E-state index contributed by atoms with van der Waals surface area (Å²) in [6.45, 7) is 1.71. The van der Waals surface area contributed by atoms with Gasteiger partial charge in [0, 0.05) is 11.5 Å². The van der Waals surface area contributed by atoms with E-state index in [1.807, 2.05) is 0 Å². The van der Waals surface area contributed by atoms with E-state index in [-0.39, 0.29) is 17.5 Å². The lowest BCUT2D eigenvalue weighted by atomic mass is 9.88. The van der Waals surface area contributed by atoms with Crippen LogP contribution in [0.4, 0.5) is 5.82 Å². The Morgan fingerprint density at radius 1 is 1.33 bits per heavy atom. The average molecular weight is 250 g/mol. The van der Waals surface area contributed by atoms with Crippen LogP contribution in [0.15, 0.2) is 0 Å². The normalized spacial score (nSPS) is 16.5. The van der Waals surface area contributed by atoms with Crippen LogP contribution in [-0.4, -0.2) is 22.0 Å². The van der Waals surface area contributed by atoms with Crippen molar-refractivity contribution >= 4 is 17.6 Å². The first-order valence-corrected chi connectivity index (χ1v) is 6.25. The minimum atomic E-state index is -0.571. The van der Waals surface area contributed by atoms with Crippen molar-refractivity contribution in [2.24, 2.45) is 11.7 Å². The first kappa shape index (κ1) is 12.6. The van der Waals surface area contributed by atoms with E-state index in [2.05, 4.69) is 15.5 Å². The van der Waals surface area contributed by atoms with Gasteiger partial charge in [0.25, 0.3) is 5.91 Å². The van der Waals surface area contributed by atoms with Crippen molar-refractivity contribution < 1.29 is 9.59 Å². The topological polar surface area (TPSA) is 101 Å². The summed E-state index contributed by atoms with van der Waals surface area (Å²) >= 11 is 0. The second-order valence-electron chi connectivity index (χ2n) is 4.76. The molecule has 0 bridgehead atoms. The Balaban J connectivity index is 2.04. The summed E-state index contributed by atoms with van der Waals surface area (Å²) in [7, 11) is 0. The number of primary amides is 1. The molecule has 0 unspecified atom stereocenters. The lowest BCUT2D eigenvalue weighted by molar-refractivity contribution is -0.120. The second-order valence-corrected chi connectivity index (χ2v) is 4.76. The standard InChI is InChI=1S/C12H18N4O2/c1-7-9(10(13)17)15-16-11(7)14-12(18)8-5-3-2-4-6-8/h8H,2-6H2,1H3,(H2,13,17)(H2,14,15,16,18). The molecule has 1 aliphatic rings. The SMILES string of the molecule is Cc1c(NC(=O)C2CCCCC2)n[nH]c1C(N)=O. The van der Waals surface area contributed by atoms with Crippen LogP contribution in [0.2, 0.25) is 0 Å². The lowest BCUT2D eigenvalue weighted by Crippen LogP contribution is -2.25. The molecule has 6 heteroatoms. The molecule has 2 rings (SSSR count). The van der Waals surface area contributed by atoms with Crippen LogP contribution in [0.5, 0.6) is 0 Å². The molecule has 2 amide bonds. The molecule has 98 valence electrons. The van der Waals surface area contributed by atoms with Gasteiger partial charge in [0.1, 0.15) is 5.69 Å². The maximum atomic E-state index is 12.0. The molecule has 18 heavy (non-hydrogen) atoms. The van der Waals surface area contributed by atoms with Crippen LogP contribution in [-0.2, 0) is 4.79 Å². The molecular weight excluding hydrogens is 232 g/mol. The number of nitrogens with zero attached hydrogens (tertiary/aromatic N) is 1. The van der Waals surface area contributed by atoms with E-state index >= 15 is 0 Å². The summed E-state index contributed by atoms with van der Waals surface area (Å²) < 4.78 is 0. The Hall–Kier alpha value is -1.85. The number of aromatic nitrogens is 2. The van der Waals surface area contributed by atoms with E-state index in [9.17, 15) is 9.59 Å². The van der Waals surface area contributed by atoms with Gasteiger partial charge >= 0.3 is 0 Å². The van der Waals surface area contributed by atoms with Gasteiger partial charge in [-0.2, -0.15) is 5.10 Å². The Labute approximate surface area is 105 Å². The highest BCUT2D eigenvalue weighted by atomic mass is 16.2. The molecular formula is C12H18N4O2. The van der Waals surface area contributed by atoms with Crippen LogP contribution in [0, 0.1) is 12.8 Å². The average Bonchev–Trinajstić information content (AvgIpc) is 2.72. The van der Waals surface area contributed by atoms with Gasteiger partial charge in [-0.1, -0.05) is 19.3 Å². The Kier molecular flexibility index (Phi) is 3.64. The van der Waals surface area contributed by atoms with Gasteiger partial charge in [-0.05, 0) is 19.8 Å². The Bertz CT molecular complexity index is 461. The maximum Gasteiger partial charge on any atom is 0.267 e. The fraction of sp³-hybridized carbons (Fsp3) is 0.583. The minimum Gasteiger partial charge on any atom is -0.364 e. The van der Waals surface area contributed by atoms with E-state index < -0.39 is 5.91 Å². The third kappa shape index (κ3) is 2.52. The molecule has 0 saturated heterocycles. The first-order valence-electron chi connectivity index (χ1n) is 6.25. The molecule has 1 aromatic rings. The largest absolute Gasteiger partial charge is 0.364 e. The summed E-state index contributed by atoms with van der Waals surface area (Å²) in [5.41, 5.74) is 6.01. The van der Waals surface area contributed by atoms with Gasteiger partial charge in [0.05, 0.1) is 0 Å². The van der Waals surface area contributed by atoms with Crippen molar-refractivity contribution in [1.82, 2.24) is 10.2 Å². The number of nitrogens with two attached hydrogens (primary N) is 1. The van der Waals surface area contributed by atoms with Crippen LogP contribution in [0.25, 0.3) is 0 Å². The summed E-state index contributed by atoms with van der Waals surface area (Å²) in [6, 6.07) is 0. The molecule has 0 atom stereocenters. The van der Waals surface area contributed by atoms with Gasteiger partial charge < -0.3 is 11.1 Å². The molecule has 0 radical (unpaired) electrons. The molecule has 6 nitrogen and oxygen atoms in total. The van der Waals surface area contributed by atoms with Gasteiger partial charge in [-0.15, -0.1) is 0 Å². The van der Waals surface area contributed by atoms with Crippen molar-refractivity contribution in [3.63, 3.8) is 0 Å². The van der Waals surface area contributed by atoms with Crippen molar-refractivity contribution in [3.05, 3.63) is 11.3 Å². The highest BCUT2D eigenvalue weighted by Crippen LogP contribution is 2.25. The third-order valence-corrected chi connectivity index (χ3v) is 3.47. The van der Waals surface area contributed by atoms with Gasteiger partial charge in [-0.25, -0.2) is 0 Å². The number of rotatable bonds is 3. The van der Waals surface area contributed by atoms with Crippen LogP contribution in [0.3, 0.4) is 0 Å². The highest BCUT2D eigenvalue weighted by Gasteiger charge is 2.23. The number of hydrogen-bond acceptors (Lipinski definition) is 3. The number of carbonyl (C=O) groups excluding carboxylic acids is 2. The zero-order valence-electron chi connectivity index (χ0n) is 10.5. The monoisotopic (exact) mass is 250 g/mol. The number of amides is 2. The third-order valence-electron chi connectivity index (χ3n) is 3.47. The smallest absolute Gasteiger partial charge is 0.267 e. The van der Waals surface area contributed by atoms with Gasteiger partial charge in [0.2, 0.25) is 5.91 Å². The Morgan fingerprint density at radius 2 is 2.00 bits per heavy atom. The van der Waals surface area contributed by atoms with Crippen LogP contribution in [0.1, 0.15) is 48.2 Å². The van der Waals surface area contributed by atoms with E-state index in [4.69, 9.17) is 5.73 Å². The Morgan fingerprint density at radius 3 is 2.56 bits per heavy atom. The molecule has 0 spiro atoms. The molecule has 0 aromatic carbocycles. The zero-order valence-corrected chi connectivity index (χ0v) is 10.5. The second kappa shape index (κ2) is 5.20. The van der Waals surface area contributed by atoms with E-state index in [0.29, 0.717) is 11.4 Å². The fourth-order valence-electron chi connectivity index (χ4n) is 2.34. The zero-order chi connectivity index (χ0) is 13.1. The van der Waals surface area contributed by atoms with E-state index in [1.165, 1.54) is 6.42 Å². The number of nitrogens with one attached hydrogen (secondary N) is 2. The molecule has 0 aliphatic heterocycles.